The van der Waals surface area contributed by atoms with Crippen molar-refractivity contribution < 1.29 is 29.0 Å². The van der Waals surface area contributed by atoms with Crippen LogP contribution in [0.5, 0.6) is 0 Å². The standard InChI is InChI=1S/C29H36N2O6/c1-27(2,3)30-16-11-15-29-21(22-26(35)36-17-10-6-9-14-28(22,4)37-29)24(33)31(23(29)25(30)34)20(18-32)19-12-7-5-8-13-19/h5,7-9,11-15,20-23,32H,6,10,16-18H2,1-4H3/b14-9-/t20-,21+,22-,23?,28+,29+/m1/s1. The number of cyclic esters (lactones) is 1. The lowest BCUT2D eigenvalue weighted by Crippen LogP contribution is -2.59. The van der Waals surface area contributed by atoms with Crippen LogP contribution < -0.4 is 0 Å². The Morgan fingerprint density at radius 2 is 1.78 bits per heavy atom. The number of likely N-dealkylation sites (tertiary alicyclic amines) is 1. The lowest BCUT2D eigenvalue weighted by molar-refractivity contribution is -0.162. The fourth-order valence-corrected chi connectivity index (χ4v) is 6.54. The maximum Gasteiger partial charge on any atom is 0.313 e. The third-order valence-corrected chi connectivity index (χ3v) is 8.19. The Hall–Kier alpha value is -2.97. The van der Waals surface area contributed by atoms with Gasteiger partial charge in [0.25, 0.3) is 0 Å². The molecule has 5 rings (SSSR count). The number of aliphatic hydroxyl groups is 1. The number of hydrogen-bond donors (Lipinski definition) is 1. The lowest BCUT2D eigenvalue weighted by Gasteiger charge is -2.43. The second kappa shape index (κ2) is 9.10. The number of ether oxygens (including phenoxy) is 2. The molecule has 4 heterocycles. The Morgan fingerprint density at radius 3 is 2.46 bits per heavy atom. The van der Waals surface area contributed by atoms with Gasteiger partial charge in [-0.25, -0.2) is 0 Å². The average molecular weight is 509 g/mol. The number of hydrogen-bond acceptors (Lipinski definition) is 6. The van der Waals surface area contributed by atoms with Crippen LogP contribution in [0.1, 0.15) is 52.1 Å². The van der Waals surface area contributed by atoms with Crippen LogP contribution in [-0.2, 0) is 23.9 Å². The first kappa shape index (κ1) is 25.7. The Bertz CT molecular complexity index is 1140. The number of benzene rings is 1. The van der Waals surface area contributed by atoms with Crippen molar-refractivity contribution in [3.05, 3.63) is 60.2 Å². The van der Waals surface area contributed by atoms with Crippen LogP contribution in [-0.4, -0.2) is 75.2 Å². The molecule has 198 valence electrons. The average Bonchev–Trinajstić information content (AvgIpc) is 3.19. The van der Waals surface area contributed by atoms with E-state index in [1.165, 1.54) is 4.90 Å². The van der Waals surface area contributed by atoms with Crippen LogP contribution in [0.25, 0.3) is 0 Å². The molecule has 1 unspecified atom stereocenters. The van der Waals surface area contributed by atoms with Crippen LogP contribution >= 0.6 is 0 Å². The smallest absolute Gasteiger partial charge is 0.313 e. The van der Waals surface area contributed by atoms with Gasteiger partial charge in [0.05, 0.1) is 30.8 Å². The quantitative estimate of drug-likeness (QED) is 0.498. The summed E-state index contributed by atoms with van der Waals surface area (Å²) in [5, 5.41) is 10.6. The monoisotopic (exact) mass is 508 g/mol. The zero-order chi connectivity index (χ0) is 26.6. The molecule has 4 aliphatic heterocycles. The number of carbonyl (C=O) groups is 3. The van der Waals surface area contributed by atoms with Crippen LogP contribution in [0.15, 0.2) is 54.6 Å². The molecule has 2 amide bonds. The maximum atomic E-state index is 14.5. The third kappa shape index (κ3) is 3.92. The number of allylic oxidation sites excluding steroid dienone is 1. The van der Waals surface area contributed by atoms with Crippen molar-refractivity contribution in [2.45, 2.75) is 69.4 Å². The molecule has 0 saturated carbocycles. The minimum atomic E-state index is -1.39. The topological polar surface area (TPSA) is 96.4 Å². The van der Waals surface area contributed by atoms with Crippen molar-refractivity contribution in [3.8, 4) is 0 Å². The van der Waals surface area contributed by atoms with E-state index in [-0.39, 0.29) is 25.0 Å². The predicted molar refractivity (Wildman–Crippen MR) is 136 cm³/mol. The van der Waals surface area contributed by atoms with E-state index in [4.69, 9.17) is 9.47 Å². The molecule has 8 heteroatoms. The molecule has 0 radical (unpaired) electrons. The third-order valence-electron chi connectivity index (χ3n) is 8.19. The molecule has 1 aromatic rings. The number of aliphatic hydroxyl groups excluding tert-OH is 1. The lowest BCUT2D eigenvalue weighted by atomic mass is 9.74. The molecule has 2 fully saturated rings. The van der Waals surface area contributed by atoms with Gasteiger partial charge in [-0.15, -0.1) is 0 Å². The molecule has 4 aliphatic rings. The Kier molecular flexibility index (Phi) is 6.31. The highest BCUT2D eigenvalue weighted by molar-refractivity contribution is 5.99. The van der Waals surface area contributed by atoms with E-state index in [1.54, 1.807) is 11.8 Å². The van der Waals surface area contributed by atoms with E-state index in [9.17, 15) is 19.5 Å². The van der Waals surface area contributed by atoms with E-state index in [0.29, 0.717) is 24.9 Å². The van der Waals surface area contributed by atoms with Crippen LogP contribution in [0.2, 0.25) is 0 Å². The second-order valence-corrected chi connectivity index (χ2v) is 11.6. The fourth-order valence-electron chi connectivity index (χ4n) is 6.54. The summed E-state index contributed by atoms with van der Waals surface area (Å²) in [5.74, 6) is -3.07. The largest absolute Gasteiger partial charge is 0.465 e. The summed E-state index contributed by atoms with van der Waals surface area (Å²) in [6.45, 7) is 7.86. The van der Waals surface area contributed by atoms with Crippen molar-refractivity contribution >= 4 is 17.8 Å². The Morgan fingerprint density at radius 1 is 1.05 bits per heavy atom. The van der Waals surface area contributed by atoms with Crippen molar-refractivity contribution in [1.29, 1.82) is 0 Å². The molecular formula is C29H36N2O6. The first-order valence-corrected chi connectivity index (χ1v) is 13.1. The molecule has 0 aromatic heterocycles. The fraction of sp³-hybridized carbons (Fsp3) is 0.552. The van der Waals surface area contributed by atoms with Crippen LogP contribution in [0, 0.1) is 11.8 Å². The zero-order valence-corrected chi connectivity index (χ0v) is 21.9. The first-order chi connectivity index (χ1) is 17.5. The first-order valence-electron chi connectivity index (χ1n) is 13.1. The maximum absolute atomic E-state index is 14.5. The summed E-state index contributed by atoms with van der Waals surface area (Å²) < 4.78 is 12.4. The molecular weight excluding hydrogens is 472 g/mol. The zero-order valence-electron chi connectivity index (χ0n) is 21.9. The van der Waals surface area contributed by atoms with Gasteiger partial charge in [0.1, 0.15) is 17.6 Å². The second-order valence-electron chi connectivity index (χ2n) is 11.6. The van der Waals surface area contributed by atoms with Gasteiger partial charge in [0.2, 0.25) is 11.8 Å². The van der Waals surface area contributed by atoms with Crippen LogP contribution in [0.3, 0.4) is 0 Å². The summed E-state index contributed by atoms with van der Waals surface area (Å²) in [6.07, 6.45) is 8.91. The highest BCUT2D eigenvalue weighted by atomic mass is 16.6. The van der Waals surface area contributed by atoms with Gasteiger partial charge in [0.15, 0.2) is 0 Å². The summed E-state index contributed by atoms with van der Waals surface area (Å²) in [6, 6.07) is 7.34. The predicted octanol–water partition coefficient (Wildman–Crippen LogP) is 2.78. The van der Waals surface area contributed by atoms with Gasteiger partial charge in [-0.1, -0.05) is 54.6 Å². The van der Waals surface area contributed by atoms with E-state index in [0.717, 1.165) is 0 Å². The van der Waals surface area contributed by atoms with Crippen molar-refractivity contribution in [2.75, 3.05) is 19.8 Å². The minimum Gasteiger partial charge on any atom is -0.465 e. The summed E-state index contributed by atoms with van der Waals surface area (Å²) >= 11 is 0. The SMILES string of the molecule is CC(C)(C)N1CC=C[C@]23O[C@@]4(C)/C=C\CCCOC(=O)[C@H]4[C@H]2C(=O)N([C@H](CO)c2ccccc2)C3C1=O. The molecule has 1 aromatic carbocycles. The molecule has 0 aliphatic carbocycles. The molecule has 8 nitrogen and oxygen atoms in total. The molecule has 2 saturated heterocycles. The molecule has 0 bridgehead atoms. The highest BCUT2D eigenvalue weighted by Crippen LogP contribution is 2.58. The molecule has 6 atom stereocenters. The van der Waals surface area contributed by atoms with Crippen molar-refractivity contribution in [3.63, 3.8) is 0 Å². The normalized spacial score (nSPS) is 35.5. The molecule has 1 spiro atoms. The number of carbonyl (C=O) groups excluding carboxylic acids is 3. The Balaban J connectivity index is 1.72. The van der Waals surface area contributed by atoms with E-state index in [2.05, 4.69) is 0 Å². The number of fused-ring (bicyclic) bond motifs is 2. The number of amides is 2. The van der Waals surface area contributed by atoms with Gasteiger partial charge in [-0.2, -0.15) is 0 Å². The number of nitrogens with zero attached hydrogens (tertiary/aromatic N) is 2. The minimum absolute atomic E-state index is 0.257. The summed E-state index contributed by atoms with van der Waals surface area (Å²) in [5.41, 5.74) is -2.34. The van der Waals surface area contributed by atoms with E-state index >= 15 is 0 Å². The number of esters is 1. The van der Waals surface area contributed by atoms with Crippen LogP contribution in [0.4, 0.5) is 0 Å². The van der Waals surface area contributed by atoms with Gasteiger partial charge in [-0.3, -0.25) is 14.4 Å². The summed E-state index contributed by atoms with van der Waals surface area (Å²) in [7, 11) is 0. The Labute approximate surface area is 217 Å². The van der Waals surface area contributed by atoms with E-state index < -0.39 is 46.6 Å². The molecule has 37 heavy (non-hydrogen) atoms. The summed E-state index contributed by atoms with van der Waals surface area (Å²) in [4.78, 5) is 45.6. The highest BCUT2D eigenvalue weighted by Gasteiger charge is 2.75. The van der Waals surface area contributed by atoms with Gasteiger partial charge >= 0.3 is 5.97 Å². The van der Waals surface area contributed by atoms with Crippen molar-refractivity contribution in [1.82, 2.24) is 9.80 Å². The molecule has 1 N–H and O–H groups in total. The van der Waals surface area contributed by atoms with Gasteiger partial charge < -0.3 is 24.4 Å². The number of rotatable bonds is 3. The van der Waals surface area contributed by atoms with E-state index in [1.807, 2.05) is 75.4 Å². The van der Waals surface area contributed by atoms with Gasteiger partial charge in [0, 0.05) is 12.1 Å². The van der Waals surface area contributed by atoms with Gasteiger partial charge in [-0.05, 0) is 46.1 Å². The van der Waals surface area contributed by atoms with Crippen molar-refractivity contribution in [2.24, 2.45) is 11.8 Å².